The summed E-state index contributed by atoms with van der Waals surface area (Å²) >= 11 is 6.02. The number of nitrogens with two attached hydrogens (primary N) is 1. The topological polar surface area (TPSA) is 46.3 Å². The maximum atomic E-state index is 12.0. The SMILES string of the molecule is N[C@H]1C(=O)N(Cc2ccccc2)[C@@H]1c1cccc(Cl)c1. The molecule has 102 valence electrons. The average Bonchev–Trinajstić information content (AvgIpc) is 2.47. The molecule has 3 nitrogen and oxygen atoms in total. The molecule has 1 saturated heterocycles. The van der Waals surface area contributed by atoms with Crippen LogP contribution in [-0.4, -0.2) is 16.8 Å². The van der Waals surface area contributed by atoms with Gasteiger partial charge in [0.1, 0.15) is 6.04 Å². The molecule has 1 aliphatic heterocycles. The van der Waals surface area contributed by atoms with E-state index in [1.165, 1.54) is 0 Å². The molecule has 3 rings (SSSR count). The minimum atomic E-state index is -0.475. The highest BCUT2D eigenvalue weighted by molar-refractivity contribution is 6.30. The predicted molar refractivity (Wildman–Crippen MR) is 79.2 cm³/mol. The van der Waals surface area contributed by atoms with E-state index >= 15 is 0 Å². The number of rotatable bonds is 3. The number of nitrogens with zero attached hydrogens (tertiary/aromatic N) is 1. The van der Waals surface area contributed by atoms with Crippen molar-refractivity contribution in [3.8, 4) is 0 Å². The molecule has 0 spiro atoms. The molecule has 0 radical (unpaired) electrons. The minimum Gasteiger partial charge on any atom is -0.328 e. The van der Waals surface area contributed by atoms with Gasteiger partial charge < -0.3 is 10.6 Å². The third kappa shape index (κ3) is 2.30. The van der Waals surface area contributed by atoms with E-state index in [-0.39, 0.29) is 11.9 Å². The number of benzene rings is 2. The van der Waals surface area contributed by atoms with E-state index in [0.29, 0.717) is 11.6 Å². The molecule has 1 amide bonds. The van der Waals surface area contributed by atoms with Gasteiger partial charge in [-0.15, -0.1) is 0 Å². The Morgan fingerprint density at radius 3 is 2.55 bits per heavy atom. The van der Waals surface area contributed by atoms with Crippen molar-refractivity contribution in [1.82, 2.24) is 4.90 Å². The van der Waals surface area contributed by atoms with Crippen LogP contribution in [0.15, 0.2) is 54.6 Å². The lowest BCUT2D eigenvalue weighted by Crippen LogP contribution is -2.62. The zero-order chi connectivity index (χ0) is 14.1. The van der Waals surface area contributed by atoms with Crippen LogP contribution in [-0.2, 0) is 11.3 Å². The Labute approximate surface area is 123 Å². The number of likely N-dealkylation sites (tertiary alicyclic amines) is 1. The fourth-order valence-corrected chi connectivity index (χ4v) is 2.81. The number of β-lactam (4-membered cyclic amide) rings is 1. The summed E-state index contributed by atoms with van der Waals surface area (Å²) in [4.78, 5) is 13.8. The van der Waals surface area contributed by atoms with Gasteiger partial charge in [-0.2, -0.15) is 0 Å². The van der Waals surface area contributed by atoms with Crippen molar-refractivity contribution in [1.29, 1.82) is 0 Å². The summed E-state index contributed by atoms with van der Waals surface area (Å²) in [5.41, 5.74) is 8.04. The zero-order valence-electron chi connectivity index (χ0n) is 10.9. The average molecular weight is 287 g/mol. The largest absolute Gasteiger partial charge is 0.328 e. The molecule has 2 aromatic rings. The van der Waals surface area contributed by atoms with Gasteiger partial charge in [0, 0.05) is 11.6 Å². The van der Waals surface area contributed by atoms with Crippen molar-refractivity contribution in [3.63, 3.8) is 0 Å². The standard InChI is InChI=1S/C16H15ClN2O/c17-13-8-4-7-12(9-13)15-14(18)16(20)19(15)10-11-5-2-1-3-6-11/h1-9,14-15H,10,18H2/t14-,15-/m1/s1. The quantitative estimate of drug-likeness (QED) is 0.882. The van der Waals surface area contributed by atoms with E-state index < -0.39 is 6.04 Å². The van der Waals surface area contributed by atoms with E-state index in [0.717, 1.165) is 11.1 Å². The molecule has 0 saturated carbocycles. The lowest BCUT2D eigenvalue weighted by Gasteiger charge is -2.45. The summed E-state index contributed by atoms with van der Waals surface area (Å²) < 4.78 is 0. The van der Waals surface area contributed by atoms with Crippen molar-refractivity contribution >= 4 is 17.5 Å². The van der Waals surface area contributed by atoms with Crippen LogP contribution < -0.4 is 5.73 Å². The molecular formula is C16H15ClN2O. The molecule has 0 bridgehead atoms. The van der Waals surface area contributed by atoms with Crippen LogP contribution in [0.1, 0.15) is 17.2 Å². The number of halogens is 1. The Morgan fingerprint density at radius 2 is 1.85 bits per heavy atom. The van der Waals surface area contributed by atoms with E-state index in [9.17, 15) is 4.79 Å². The lowest BCUT2D eigenvalue weighted by molar-refractivity contribution is -0.150. The van der Waals surface area contributed by atoms with Crippen LogP contribution >= 0.6 is 11.6 Å². The summed E-state index contributed by atoms with van der Waals surface area (Å²) in [5, 5.41) is 0.661. The second-order valence-corrected chi connectivity index (χ2v) is 5.41. The highest BCUT2D eigenvalue weighted by Crippen LogP contribution is 2.35. The van der Waals surface area contributed by atoms with Crippen LogP contribution in [0, 0.1) is 0 Å². The van der Waals surface area contributed by atoms with E-state index in [1.807, 2.05) is 54.6 Å². The number of hydrogen-bond acceptors (Lipinski definition) is 2. The van der Waals surface area contributed by atoms with E-state index in [1.54, 1.807) is 4.90 Å². The Hall–Kier alpha value is -1.84. The van der Waals surface area contributed by atoms with Crippen molar-refractivity contribution < 1.29 is 4.79 Å². The Bertz CT molecular complexity index is 629. The third-order valence-corrected chi connectivity index (χ3v) is 3.87. The fourth-order valence-electron chi connectivity index (χ4n) is 2.61. The first kappa shape index (κ1) is 13.2. The van der Waals surface area contributed by atoms with Gasteiger partial charge in [-0.3, -0.25) is 4.79 Å². The maximum absolute atomic E-state index is 12.0. The molecule has 1 heterocycles. The summed E-state index contributed by atoms with van der Waals surface area (Å²) in [5.74, 6) is -0.0150. The van der Waals surface area contributed by atoms with Gasteiger partial charge in [0.15, 0.2) is 0 Å². The minimum absolute atomic E-state index is 0.0150. The van der Waals surface area contributed by atoms with Gasteiger partial charge in [0.05, 0.1) is 6.04 Å². The van der Waals surface area contributed by atoms with Crippen LogP contribution in [0.3, 0.4) is 0 Å². The highest BCUT2D eigenvalue weighted by Gasteiger charge is 2.45. The normalized spacial score (nSPS) is 21.7. The number of amides is 1. The monoisotopic (exact) mass is 286 g/mol. The number of carbonyl (C=O) groups excluding carboxylic acids is 1. The molecule has 2 N–H and O–H groups in total. The zero-order valence-corrected chi connectivity index (χ0v) is 11.6. The molecule has 0 aromatic heterocycles. The Balaban J connectivity index is 1.84. The van der Waals surface area contributed by atoms with Crippen molar-refractivity contribution in [2.45, 2.75) is 18.6 Å². The van der Waals surface area contributed by atoms with Gasteiger partial charge in [-0.1, -0.05) is 54.1 Å². The molecule has 2 atom stereocenters. The van der Waals surface area contributed by atoms with Gasteiger partial charge in [0.2, 0.25) is 5.91 Å². The van der Waals surface area contributed by atoms with Crippen molar-refractivity contribution in [2.24, 2.45) is 5.73 Å². The second kappa shape index (κ2) is 5.27. The van der Waals surface area contributed by atoms with Crippen LogP contribution in [0.2, 0.25) is 5.02 Å². The third-order valence-electron chi connectivity index (χ3n) is 3.63. The molecule has 1 aliphatic rings. The Kier molecular flexibility index (Phi) is 3.47. The molecule has 20 heavy (non-hydrogen) atoms. The summed E-state index contributed by atoms with van der Waals surface area (Å²) in [6.45, 7) is 0.574. The smallest absolute Gasteiger partial charge is 0.242 e. The molecular weight excluding hydrogens is 272 g/mol. The fraction of sp³-hybridized carbons (Fsp3) is 0.188. The van der Waals surface area contributed by atoms with Crippen molar-refractivity contribution in [3.05, 3.63) is 70.7 Å². The predicted octanol–water partition coefficient (Wildman–Crippen LogP) is 2.75. The summed E-state index contributed by atoms with van der Waals surface area (Å²) in [6, 6.07) is 16.9. The number of carbonyl (C=O) groups is 1. The van der Waals surface area contributed by atoms with Gasteiger partial charge in [-0.05, 0) is 23.3 Å². The molecule has 0 unspecified atom stereocenters. The first-order chi connectivity index (χ1) is 9.66. The maximum Gasteiger partial charge on any atom is 0.242 e. The van der Waals surface area contributed by atoms with Crippen LogP contribution in [0.5, 0.6) is 0 Å². The van der Waals surface area contributed by atoms with E-state index in [4.69, 9.17) is 17.3 Å². The summed E-state index contributed by atoms with van der Waals surface area (Å²) in [6.07, 6.45) is 0. The molecule has 1 fully saturated rings. The number of hydrogen-bond donors (Lipinski definition) is 1. The van der Waals surface area contributed by atoms with Crippen LogP contribution in [0.25, 0.3) is 0 Å². The van der Waals surface area contributed by atoms with Crippen LogP contribution in [0.4, 0.5) is 0 Å². The molecule has 4 heteroatoms. The van der Waals surface area contributed by atoms with Gasteiger partial charge in [0.25, 0.3) is 0 Å². The van der Waals surface area contributed by atoms with Gasteiger partial charge in [-0.25, -0.2) is 0 Å². The highest BCUT2D eigenvalue weighted by atomic mass is 35.5. The first-order valence-electron chi connectivity index (χ1n) is 6.52. The van der Waals surface area contributed by atoms with Crippen molar-refractivity contribution in [2.75, 3.05) is 0 Å². The molecule has 0 aliphatic carbocycles. The van der Waals surface area contributed by atoms with E-state index in [2.05, 4.69) is 0 Å². The molecule has 2 aromatic carbocycles. The summed E-state index contributed by atoms with van der Waals surface area (Å²) in [7, 11) is 0. The lowest BCUT2D eigenvalue weighted by atomic mass is 9.88. The second-order valence-electron chi connectivity index (χ2n) is 4.98. The first-order valence-corrected chi connectivity index (χ1v) is 6.90. The Morgan fingerprint density at radius 1 is 1.10 bits per heavy atom. The van der Waals surface area contributed by atoms with Gasteiger partial charge >= 0.3 is 0 Å².